The van der Waals surface area contributed by atoms with Gasteiger partial charge in [0.15, 0.2) is 6.10 Å². The van der Waals surface area contributed by atoms with Crippen molar-refractivity contribution in [2.45, 2.75) is 33.4 Å². The van der Waals surface area contributed by atoms with Crippen molar-refractivity contribution >= 4 is 17.5 Å². The van der Waals surface area contributed by atoms with Gasteiger partial charge in [0.25, 0.3) is 5.91 Å². The number of carbonyl (C=O) groups excluding carboxylic acids is 1. The molecule has 0 radical (unpaired) electrons. The molecule has 1 aromatic heterocycles. The molecule has 1 atom stereocenters. The van der Waals surface area contributed by atoms with E-state index >= 15 is 0 Å². The highest BCUT2D eigenvalue weighted by Gasteiger charge is 2.17. The van der Waals surface area contributed by atoms with Crippen LogP contribution in [-0.4, -0.2) is 29.3 Å². The van der Waals surface area contributed by atoms with Crippen LogP contribution < -0.4 is 14.8 Å². The summed E-state index contributed by atoms with van der Waals surface area (Å²) in [6.45, 7) is 5.56. The Kier molecular flexibility index (Phi) is 6.39. The lowest BCUT2D eigenvalue weighted by Gasteiger charge is -2.15. The lowest BCUT2D eigenvalue weighted by Crippen LogP contribution is -2.36. The van der Waals surface area contributed by atoms with Crippen LogP contribution in [-0.2, 0) is 11.3 Å². The van der Waals surface area contributed by atoms with Crippen LogP contribution in [0.1, 0.15) is 23.9 Å². The van der Waals surface area contributed by atoms with Gasteiger partial charge in [-0.2, -0.15) is 4.98 Å². The Bertz CT molecular complexity index is 978. The first-order valence-corrected chi connectivity index (χ1v) is 9.43. The molecule has 1 amide bonds. The van der Waals surface area contributed by atoms with Crippen LogP contribution in [0, 0.1) is 13.8 Å². The molecular weight excluding hydrogens is 394 g/mol. The van der Waals surface area contributed by atoms with Gasteiger partial charge in [-0.1, -0.05) is 16.8 Å². The SMILES string of the molecule is COc1ccc(-c2noc(CNC(=O)[C@@H](C)Oc3cc(C)c(Cl)c(C)c3)n2)cc1. The van der Waals surface area contributed by atoms with E-state index in [0.29, 0.717) is 22.5 Å². The lowest BCUT2D eigenvalue weighted by molar-refractivity contribution is -0.127. The summed E-state index contributed by atoms with van der Waals surface area (Å²) in [6.07, 6.45) is -0.695. The maximum atomic E-state index is 12.3. The Labute approximate surface area is 174 Å². The van der Waals surface area contributed by atoms with Crippen molar-refractivity contribution in [3.8, 4) is 22.9 Å². The molecule has 0 spiro atoms. The third-order valence-electron chi connectivity index (χ3n) is 4.32. The van der Waals surface area contributed by atoms with Crippen molar-refractivity contribution in [2.75, 3.05) is 7.11 Å². The van der Waals surface area contributed by atoms with Crippen molar-refractivity contribution in [3.63, 3.8) is 0 Å². The van der Waals surface area contributed by atoms with Crippen LogP contribution in [0.25, 0.3) is 11.4 Å². The molecular formula is C21H22ClN3O4. The van der Waals surface area contributed by atoms with Crippen LogP contribution in [0.4, 0.5) is 0 Å². The molecule has 0 fully saturated rings. The first-order chi connectivity index (χ1) is 13.9. The van der Waals surface area contributed by atoms with Crippen LogP contribution in [0.5, 0.6) is 11.5 Å². The predicted octanol–water partition coefficient (Wildman–Crippen LogP) is 4.10. The maximum Gasteiger partial charge on any atom is 0.261 e. The Balaban J connectivity index is 1.57. The number of benzene rings is 2. The normalized spacial score (nSPS) is 11.8. The summed E-state index contributed by atoms with van der Waals surface area (Å²) < 4.78 is 16.1. The van der Waals surface area contributed by atoms with E-state index in [9.17, 15) is 4.79 Å². The number of methoxy groups -OCH3 is 1. The minimum absolute atomic E-state index is 0.106. The summed E-state index contributed by atoms with van der Waals surface area (Å²) in [7, 11) is 1.60. The average Bonchev–Trinajstić information content (AvgIpc) is 3.19. The smallest absolute Gasteiger partial charge is 0.261 e. The van der Waals surface area contributed by atoms with Crippen molar-refractivity contribution in [3.05, 3.63) is 58.4 Å². The number of aryl methyl sites for hydroxylation is 2. The third-order valence-corrected chi connectivity index (χ3v) is 4.92. The van der Waals surface area contributed by atoms with Gasteiger partial charge in [0.2, 0.25) is 11.7 Å². The molecule has 0 saturated heterocycles. The lowest BCUT2D eigenvalue weighted by atomic mass is 10.1. The van der Waals surface area contributed by atoms with Gasteiger partial charge in [0, 0.05) is 10.6 Å². The van der Waals surface area contributed by atoms with E-state index in [-0.39, 0.29) is 12.5 Å². The molecule has 1 N–H and O–H groups in total. The molecule has 3 aromatic rings. The van der Waals surface area contributed by atoms with E-state index in [2.05, 4.69) is 15.5 Å². The van der Waals surface area contributed by atoms with E-state index < -0.39 is 6.10 Å². The third kappa shape index (κ3) is 5.06. The number of nitrogens with one attached hydrogen (secondary N) is 1. The monoisotopic (exact) mass is 415 g/mol. The van der Waals surface area contributed by atoms with E-state index in [0.717, 1.165) is 22.4 Å². The molecule has 29 heavy (non-hydrogen) atoms. The fourth-order valence-electron chi connectivity index (χ4n) is 2.72. The first-order valence-electron chi connectivity index (χ1n) is 9.05. The quantitative estimate of drug-likeness (QED) is 0.625. The van der Waals surface area contributed by atoms with Crippen LogP contribution in [0.15, 0.2) is 40.9 Å². The average molecular weight is 416 g/mol. The van der Waals surface area contributed by atoms with Crippen LogP contribution >= 0.6 is 11.6 Å². The van der Waals surface area contributed by atoms with Crippen molar-refractivity contribution < 1.29 is 18.8 Å². The van der Waals surface area contributed by atoms with Crippen molar-refractivity contribution in [2.24, 2.45) is 0 Å². The fourth-order valence-corrected chi connectivity index (χ4v) is 2.83. The number of halogens is 1. The van der Waals surface area contributed by atoms with Gasteiger partial charge < -0.3 is 19.3 Å². The molecule has 152 valence electrons. The van der Waals surface area contributed by atoms with Gasteiger partial charge in [-0.15, -0.1) is 0 Å². The zero-order valence-electron chi connectivity index (χ0n) is 16.7. The van der Waals surface area contributed by atoms with Gasteiger partial charge in [0.1, 0.15) is 11.5 Å². The number of ether oxygens (including phenoxy) is 2. The van der Waals surface area contributed by atoms with Gasteiger partial charge in [-0.3, -0.25) is 4.79 Å². The molecule has 0 bridgehead atoms. The topological polar surface area (TPSA) is 86.5 Å². The number of hydrogen-bond donors (Lipinski definition) is 1. The zero-order chi connectivity index (χ0) is 21.0. The van der Waals surface area contributed by atoms with Gasteiger partial charge >= 0.3 is 0 Å². The Morgan fingerprint density at radius 2 is 1.83 bits per heavy atom. The van der Waals surface area contributed by atoms with Crippen LogP contribution in [0.2, 0.25) is 5.02 Å². The van der Waals surface area contributed by atoms with Gasteiger partial charge in [0.05, 0.1) is 13.7 Å². The first kappa shape index (κ1) is 20.7. The van der Waals surface area contributed by atoms with E-state index in [1.807, 2.05) is 38.1 Å². The summed E-state index contributed by atoms with van der Waals surface area (Å²) in [5.41, 5.74) is 2.58. The van der Waals surface area contributed by atoms with Crippen LogP contribution in [0.3, 0.4) is 0 Å². The molecule has 7 nitrogen and oxygen atoms in total. The number of aromatic nitrogens is 2. The summed E-state index contributed by atoms with van der Waals surface area (Å²) in [5.74, 6) is 1.78. The highest BCUT2D eigenvalue weighted by molar-refractivity contribution is 6.32. The van der Waals surface area contributed by atoms with Crippen molar-refractivity contribution in [1.82, 2.24) is 15.5 Å². The van der Waals surface area contributed by atoms with E-state index in [1.54, 1.807) is 26.2 Å². The second-order valence-electron chi connectivity index (χ2n) is 6.59. The highest BCUT2D eigenvalue weighted by atomic mass is 35.5. The summed E-state index contributed by atoms with van der Waals surface area (Å²) in [5, 5.41) is 7.37. The second-order valence-corrected chi connectivity index (χ2v) is 6.97. The molecule has 1 heterocycles. The molecule has 8 heteroatoms. The second kappa shape index (κ2) is 8.96. The molecule has 0 aliphatic rings. The molecule has 0 unspecified atom stereocenters. The summed E-state index contributed by atoms with van der Waals surface area (Å²) in [6, 6.07) is 10.9. The number of rotatable bonds is 7. The number of amides is 1. The van der Waals surface area contributed by atoms with Gasteiger partial charge in [-0.25, -0.2) is 0 Å². The minimum atomic E-state index is -0.695. The Morgan fingerprint density at radius 3 is 2.45 bits per heavy atom. The Morgan fingerprint density at radius 1 is 1.17 bits per heavy atom. The predicted molar refractivity (Wildman–Crippen MR) is 109 cm³/mol. The van der Waals surface area contributed by atoms with E-state index in [1.165, 1.54) is 0 Å². The number of hydrogen-bond acceptors (Lipinski definition) is 6. The summed E-state index contributed by atoms with van der Waals surface area (Å²) >= 11 is 6.16. The fraction of sp³-hybridized carbons (Fsp3) is 0.286. The number of nitrogens with zero attached hydrogens (tertiary/aromatic N) is 2. The van der Waals surface area contributed by atoms with E-state index in [4.69, 9.17) is 25.6 Å². The summed E-state index contributed by atoms with van der Waals surface area (Å²) in [4.78, 5) is 16.6. The minimum Gasteiger partial charge on any atom is -0.497 e. The highest BCUT2D eigenvalue weighted by Crippen LogP contribution is 2.26. The van der Waals surface area contributed by atoms with Crippen molar-refractivity contribution in [1.29, 1.82) is 0 Å². The molecule has 0 aliphatic carbocycles. The largest absolute Gasteiger partial charge is 0.497 e. The Hall–Kier alpha value is -3.06. The molecule has 3 rings (SSSR count). The molecule has 0 saturated carbocycles. The number of carbonyl (C=O) groups is 1. The molecule has 0 aliphatic heterocycles. The molecule has 2 aromatic carbocycles. The van der Waals surface area contributed by atoms with Gasteiger partial charge in [-0.05, 0) is 68.3 Å². The maximum absolute atomic E-state index is 12.3. The zero-order valence-corrected chi connectivity index (χ0v) is 17.4. The standard InChI is InChI=1S/C21H22ClN3O4/c1-12-9-17(10-13(2)19(12)22)28-14(3)21(26)23-11-18-24-20(25-29-18)15-5-7-16(27-4)8-6-15/h5-10,14H,11H2,1-4H3,(H,23,26)/t14-/m1/s1.